The van der Waals surface area contributed by atoms with Gasteiger partial charge in [0.2, 0.25) is 0 Å². The van der Waals surface area contributed by atoms with E-state index in [1.54, 1.807) is 0 Å². The third kappa shape index (κ3) is 4.36. The molecule has 0 spiro atoms. The first-order valence-electron chi connectivity index (χ1n) is 17.3. The summed E-state index contributed by atoms with van der Waals surface area (Å²) in [6, 6.07) is 72.9. The predicted molar refractivity (Wildman–Crippen MR) is 221 cm³/mol. The van der Waals surface area contributed by atoms with Gasteiger partial charge in [0.05, 0.1) is 0 Å². The van der Waals surface area contributed by atoms with Crippen LogP contribution in [0, 0.1) is 0 Å². The maximum atomic E-state index is 2.54. The number of benzene rings is 9. The Morgan fingerprint density at radius 2 is 0.780 bits per heavy atom. The van der Waals surface area contributed by atoms with Crippen LogP contribution in [0.4, 0.5) is 0 Å². The summed E-state index contributed by atoms with van der Waals surface area (Å²) in [5, 5.41) is 16.0. The third-order valence-electron chi connectivity index (χ3n) is 10.6. The second-order valence-electron chi connectivity index (χ2n) is 13.2. The second kappa shape index (κ2) is 11.7. The average molecular weight is 669 g/mol. The van der Waals surface area contributed by atoms with E-state index < -0.39 is 8.07 Å². The number of fused-ring (bicyclic) bond motifs is 9. The standard InChI is InChI=1S/C48H32SSi/c1-3-16-34(17-4-1)50(35-18-5-2-6-19-35,37-29-30-43-41-23-8-7-21-39(41)40-22-9-10-24-42(40)46(43)32-37)36-20-13-15-33(31-36)38-26-14-27-45-44-25-11-12-28-47(44)49-48(38)45/h1-32H. The van der Waals surface area contributed by atoms with Gasteiger partial charge in [-0.05, 0) is 70.3 Å². The zero-order valence-electron chi connectivity index (χ0n) is 27.4. The van der Waals surface area contributed by atoms with Gasteiger partial charge in [-0.3, -0.25) is 0 Å². The molecular formula is C48H32SSi. The molecule has 0 fully saturated rings. The van der Waals surface area contributed by atoms with Gasteiger partial charge in [0, 0.05) is 20.2 Å². The van der Waals surface area contributed by atoms with E-state index in [2.05, 4.69) is 194 Å². The molecule has 0 aliphatic carbocycles. The van der Waals surface area contributed by atoms with Crippen LogP contribution in [-0.4, -0.2) is 8.07 Å². The van der Waals surface area contributed by atoms with Gasteiger partial charge in [0.1, 0.15) is 0 Å². The van der Waals surface area contributed by atoms with Gasteiger partial charge in [-0.2, -0.15) is 0 Å². The summed E-state index contributed by atoms with van der Waals surface area (Å²) in [6.45, 7) is 0. The van der Waals surface area contributed by atoms with E-state index >= 15 is 0 Å². The van der Waals surface area contributed by atoms with Crippen molar-refractivity contribution in [2.75, 3.05) is 0 Å². The zero-order valence-corrected chi connectivity index (χ0v) is 29.2. The third-order valence-corrected chi connectivity index (χ3v) is 16.6. The summed E-state index contributed by atoms with van der Waals surface area (Å²) in [5.74, 6) is 0. The van der Waals surface area contributed by atoms with Crippen molar-refractivity contribution in [3.8, 4) is 11.1 Å². The smallest absolute Gasteiger partial charge is 0.135 e. The molecule has 9 aromatic carbocycles. The van der Waals surface area contributed by atoms with E-state index in [1.165, 1.54) is 84.4 Å². The van der Waals surface area contributed by atoms with Crippen LogP contribution in [0.15, 0.2) is 194 Å². The Kier molecular flexibility index (Phi) is 6.80. The van der Waals surface area contributed by atoms with Crippen LogP contribution in [0.5, 0.6) is 0 Å². The molecule has 2 heteroatoms. The molecule has 10 rings (SSSR count). The molecule has 0 aliphatic heterocycles. The van der Waals surface area contributed by atoms with E-state index in [4.69, 9.17) is 0 Å². The lowest BCUT2D eigenvalue weighted by atomic mass is 9.94. The number of rotatable bonds is 5. The van der Waals surface area contributed by atoms with E-state index in [0.717, 1.165) is 0 Å². The summed E-state index contributed by atoms with van der Waals surface area (Å²) in [6.07, 6.45) is 0. The van der Waals surface area contributed by atoms with Gasteiger partial charge >= 0.3 is 0 Å². The summed E-state index contributed by atoms with van der Waals surface area (Å²) in [4.78, 5) is 0. The quantitative estimate of drug-likeness (QED) is 0.0973. The first kappa shape index (κ1) is 29.1. The molecule has 0 unspecified atom stereocenters. The van der Waals surface area contributed by atoms with Crippen molar-refractivity contribution in [2.24, 2.45) is 0 Å². The van der Waals surface area contributed by atoms with Gasteiger partial charge in [-0.15, -0.1) is 11.3 Å². The van der Waals surface area contributed by atoms with Crippen molar-refractivity contribution in [1.82, 2.24) is 0 Å². The lowest BCUT2D eigenvalue weighted by Crippen LogP contribution is -2.74. The first-order chi connectivity index (χ1) is 24.8. The molecule has 234 valence electrons. The van der Waals surface area contributed by atoms with Gasteiger partial charge in [-0.25, -0.2) is 0 Å². The van der Waals surface area contributed by atoms with Crippen LogP contribution in [0.25, 0.3) is 63.6 Å². The fraction of sp³-hybridized carbons (Fsp3) is 0. The minimum Gasteiger partial charge on any atom is -0.135 e. The van der Waals surface area contributed by atoms with Crippen LogP contribution in [-0.2, 0) is 0 Å². The summed E-state index contributed by atoms with van der Waals surface area (Å²) in [7, 11) is -2.83. The summed E-state index contributed by atoms with van der Waals surface area (Å²) in [5.41, 5.74) is 2.56. The van der Waals surface area contributed by atoms with Crippen LogP contribution >= 0.6 is 11.3 Å². The number of hydrogen-bond donors (Lipinski definition) is 0. The highest BCUT2D eigenvalue weighted by atomic mass is 32.1. The minimum absolute atomic E-state index is 1.26. The number of hydrogen-bond acceptors (Lipinski definition) is 1. The topological polar surface area (TPSA) is 0 Å². The highest BCUT2D eigenvalue weighted by Gasteiger charge is 2.41. The minimum atomic E-state index is -2.83. The van der Waals surface area contributed by atoms with Gasteiger partial charge in [-0.1, -0.05) is 188 Å². The molecule has 0 saturated heterocycles. The predicted octanol–water partition coefficient (Wildman–Crippen LogP) is 10.6. The average Bonchev–Trinajstić information content (AvgIpc) is 3.58. The van der Waals surface area contributed by atoms with Crippen molar-refractivity contribution in [3.63, 3.8) is 0 Å². The maximum Gasteiger partial charge on any atom is 0.179 e. The van der Waals surface area contributed by atoms with Gasteiger partial charge in [0.25, 0.3) is 0 Å². The normalized spacial score (nSPS) is 12.0. The van der Waals surface area contributed by atoms with E-state index in [9.17, 15) is 0 Å². The Bertz CT molecular complexity index is 2790. The first-order valence-corrected chi connectivity index (χ1v) is 20.1. The largest absolute Gasteiger partial charge is 0.179 e. The fourth-order valence-corrected chi connectivity index (χ4v) is 14.4. The van der Waals surface area contributed by atoms with Crippen molar-refractivity contribution < 1.29 is 0 Å². The van der Waals surface area contributed by atoms with E-state index in [-0.39, 0.29) is 0 Å². The van der Waals surface area contributed by atoms with Crippen LogP contribution in [0.2, 0.25) is 0 Å². The molecule has 10 aromatic rings. The fourth-order valence-electron chi connectivity index (χ4n) is 8.41. The maximum absolute atomic E-state index is 2.83. The SMILES string of the molecule is c1ccc([Si](c2ccccc2)(c2cccc(-c3cccc4c3sc3ccccc34)c2)c2ccc3c4ccccc4c4ccccc4c3c2)cc1. The number of thiophene rings is 1. The molecule has 1 aromatic heterocycles. The van der Waals surface area contributed by atoms with Crippen LogP contribution < -0.4 is 20.7 Å². The monoisotopic (exact) mass is 668 g/mol. The lowest BCUT2D eigenvalue weighted by molar-refractivity contribution is 1.66. The summed E-state index contributed by atoms with van der Waals surface area (Å²) >= 11 is 1.90. The Balaban J connectivity index is 1.30. The molecule has 0 bridgehead atoms. The molecule has 0 aliphatic rings. The molecule has 0 N–H and O–H groups in total. The van der Waals surface area contributed by atoms with Crippen molar-refractivity contribution in [2.45, 2.75) is 0 Å². The molecule has 0 nitrogen and oxygen atoms in total. The lowest BCUT2D eigenvalue weighted by Gasteiger charge is -2.35. The second-order valence-corrected chi connectivity index (χ2v) is 18.1. The molecule has 50 heavy (non-hydrogen) atoms. The highest BCUT2D eigenvalue weighted by molar-refractivity contribution is 7.26. The van der Waals surface area contributed by atoms with Crippen LogP contribution in [0.1, 0.15) is 0 Å². The summed E-state index contributed by atoms with van der Waals surface area (Å²) < 4.78 is 2.68. The van der Waals surface area contributed by atoms with Crippen molar-refractivity contribution in [1.29, 1.82) is 0 Å². The van der Waals surface area contributed by atoms with Gasteiger partial charge in [0.15, 0.2) is 8.07 Å². The highest BCUT2D eigenvalue weighted by Crippen LogP contribution is 2.40. The van der Waals surface area contributed by atoms with Crippen molar-refractivity contribution >= 4 is 92.6 Å². The molecular weight excluding hydrogens is 637 g/mol. The molecule has 1 heterocycles. The molecule has 0 atom stereocenters. The van der Waals surface area contributed by atoms with Crippen molar-refractivity contribution in [3.05, 3.63) is 194 Å². The molecule has 0 radical (unpaired) electrons. The van der Waals surface area contributed by atoms with E-state index in [1.807, 2.05) is 11.3 Å². The Hall–Kier alpha value is -5.80. The van der Waals surface area contributed by atoms with E-state index in [0.29, 0.717) is 0 Å². The zero-order chi connectivity index (χ0) is 33.1. The Labute approximate surface area is 296 Å². The molecule has 0 saturated carbocycles. The Morgan fingerprint density at radius 3 is 1.44 bits per heavy atom. The van der Waals surface area contributed by atoms with Gasteiger partial charge < -0.3 is 0 Å². The molecule has 0 amide bonds. The van der Waals surface area contributed by atoms with Crippen LogP contribution in [0.3, 0.4) is 0 Å². The Morgan fingerprint density at radius 1 is 0.300 bits per heavy atom.